The summed E-state index contributed by atoms with van der Waals surface area (Å²) < 4.78 is 14.3. The Bertz CT molecular complexity index is 575. The van der Waals surface area contributed by atoms with Crippen molar-refractivity contribution in [2.24, 2.45) is 0 Å². The van der Waals surface area contributed by atoms with Gasteiger partial charge < -0.3 is 5.73 Å². The number of nitrogens with two attached hydrogens (primary N) is 1. The van der Waals surface area contributed by atoms with Crippen molar-refractivity contribution >= 4 is 27.5 Å². The fourth-order valence-corrected chi connectivity index (χ4v) is 1.94. The number of carbonyl (C=O) groups is 1. The Morgan fingerprint density at radius 2 is 2.06 bits per heavy atom. The SMILES string of the molecule is Cc1cnc(N)c(C(=O)c2cc(Br)ccc2F)c1. The second-order valence-corrected chi connectivity index (χ2v) is 4.81. The Kier molecular flexibility index (Phi) is 3.43. The number of aryl methyl sites for hydroxylation is 1. The predicted molar refractivity (Wildman–Crippen MR) is 70.9 cm³/mol. The number of halogens is 2. The lowest BCUT2D eigenvalue weighted by Gasteiger charge is -2.06. The summed E-state index contributed by atoms with van der Waals surface area (Å²) in [5, 5.41) is 0. The molecule has 0 saturated carbocycles. The first kappa shape index (κ1) is 12.7. The van der Waals surface area contributed by atoms with Gasteiger partial charge in [0.25, 0.3) is 0 Å². The highest BCUT2D eigenvalue weighted by Crippen LogP contribution is 2.21. The molecule has 0 amide bonds. The number of anilines is 1. The highest BCUT2D eigenvalue weighted by Gasteiger charge is 2.17. The van der Waals surface area contributed by atoms with Gasteiger partial charge in [0.05, 0.1) is 11.1 Å². The van der Waals surface area contributed by atoms with E-state index in [1.165, 1.54) is 18.2 Å². The molecular weight excluding hydrogens is 299 g/mol. The van der Waals surface area contributed by atoms with Crippen LogP contribution < -0.4 is 5.73 Å². The fraction of sp³-hybridized carbons (Fsp3) is 0.0769. The van der Waals surface area contributed by atoms with E-state index < -0.39 is 11.6 Å². The summed E-state index contributed by atoms with van der Waals surface area (Å²) in [4.78, 5) is 16.1. The van der Waals surface area contributed by atoms with Gasteiger partial charge >= 0.3 is 0 Å². The average molecular weight is 309 g/mol. The Balaban J connectivity index is 2.54. The standard InChI is InChI=1S/C13H10BrFN2O/c1-7-4-10(13(16)17-6-7)12(18)9-5-8(14)2-3-11(9)15/h2-6H,1H3,(H2,16,17). The van der Waals surface area contributed by atoms with Crippen molar-refractivity contribution in [2.45, 2.75) is 6.92 Å². The van der Waals surface area contributed by atoms with Gasteiger partial charge in [-0.15, -0.1) is 0 Å². The molecule has 18 heavy (non-hydrogen) atoms. The molecule has 2 N–H and O–H groups in total. The van der Waals surface area contributed by atoms with Gasteiger partial charge in [0.1, 0.15) is 11.6 Å². The highest BCUT2D eigenvalue weighted by molar-refractivity contribution is 9.10. The van der Waals surface area contributed by atoms with Crippen LogP contribution in [0, 0.1) is 12.7 Å². The highest BCUT2D eigenvalue weighted by atomic mass is 79.9. The molecule has 0 aliphatic heterocycles. The van der Waals surface area contributed by atoms with Gasteiger partial charge in [-0.25, -0.2) is 9.37 Å². The van der Waals surface area contributed by atoms with Crippen LogP contribution in [0.2, 0.25) is 0 Å². The third-order valence-corrected chi connectivity index (χ3v) is 2.97. The molecule has 0 radical (unpaired) electrons. The zero-order valence-corrected chi connectivity index (χ0v) is 11.2. The van der Waals surface area contributed by atoms with Crippen molar-refractivity contribution in [3.8, 4) is 0 Å². The summed E-state index contributed by atoms with van der Waals surface area (Å²) in [5.41, 5.74) is 6.63. The smallest absolute Gasteiger partial charge is 0.199 e. The lowest BCUT2D eigenvalue weighted by molar-refractivity contribution is 0.103. The molecule has 0 unspecified atom stereocenters. The maximum atomic E-state index is 13.6. The van der Waals surface area contributed by atoms with E-state index >= 15 is 0 Å². The Labute approximate surface area is 112 Å². The summed E-state index contributed by atoms with van der Waals surface area (Å²) in [7, 11) is 0. The first-order chi connectivity index (χ1) is 8.49. The Morgan fingerprint density at radius 1 is 1.33 bits per heavy atom. The lowest BCUT2D eigenvalue weighted by atomic mass is 10.0. The van der Waals surface area contributed by atoms with E-state index in [1.54, 1.807) is 19.2 Å². The zero-order chi connectivity index (χ0) is 13.3. The number of pyridine rings is 1. The zero-order valence-electron chi connectivity index (χ0n) is 9.58. The molecule has 0 saturated heterocycles. The monoisotopic (exact) mass is 308 g/mol. The van der Waals surface area contributed by atoms with Crippen LogP contribution in [0.1, 0.15) is 21.5 Å². The maximum Gasteiger partial charge on any atom is 0.199 e. The molecule has 1 aromatic carbocycles. The fourth-order valence-electron chi connectivity index (χ4n) is 1.58. The molecule has 0 atom stereocenters. The van der Waals surface area contributed by atoms with Gasteiger partial charge in [-0.2, -0.15) is 0 Å². The molecule has 2 aromatic rings. The van der Waals surface area contributed by atoms with Gasteiger partial charge in [-0.05, 0) is 36.8 Å². The molecule has 0 aliphatic carbocycles. The topological polar surface area (TPSA) is 56.0 Å². The van der Waals surface area contributed by atoms with Crippen LogP contribution in [-0.4, -0.2) is 10.8 Å². The summed E-state index contributed by atoms with van der Waals surface area (Å²) in [6.07, 6.45) is 1.56. The maximum absolute atomic E-state index is 13.6. The minimum Gasteiger partial charge on any atom is -0.383 e. The van der Waals surface area contributed by atoms with Crippen molar-refractivity contribution in [1.29, 1.82) is 0 Å². The number of hydrogen-bond acceptors (Lipinski definition) is 3. The first-order valence-electron chi connectivity index (χ1n) is 5.21. The van der Waals surface area contributed by atoms with Crippen molar-refractivity contribution in [3.63, 3.8) is 0 Å². The van der Waals surface area contributed by atoms with Crippen LogP contribution in [0.3, 0.4) is 0 Å². The molecule has 0 aliphatic rings. The largest absolute Gasteiger partial charge is 0.383 e. The number of ketones is 1. The number of aromatic nitrogens is 1. The Hall–Kier alpha value is -1.75. The number of benzene rings is 1. The van der Waals surface area contributed by atoms with Crippen molar-refractivity contribution in [3.05, 3.63) is 57.4 Å². The molecule has 0 bridgehead atoms. The van der Waals surface area contributed by atoms with Gasteiger partial charge in [-0.3, -0.25) is 4.79 Å². The van der Waals surface area contributed by atoms with E-state index in [4.69, 9.17) is 5.73 Å². The van der Waals surface area contributed by atoms with Crippen molar-refractivity contribution in [1.82, 2.24) is 4.98 Å². The molecule has 1 aromatic heterocycles. The van der Waals surface area contributed by atoms with Gasteiger partial charge in [0, 0.05) is 10.7 Å². The third kappa shape index (κ3) is 2.41. The molecule has 0 fully saturated rings. The lowest BCUT2D eigenvalue weighted by Crippen LogP contribution is -2.09. The van der Waals surface area contributed by atoms with Crippen LogP contribution in [-0.2, 0) is 0 Å². The van der Waals surface area contributed by atoms with Crippen molar-refractivity contribution < 1.29 is 9.18 Å². The van der Waals surface area contributed by atoms with E-state index in [0.717, 1.165) is 5.56 Å². The number of hydrogen-bond donors (Lipinski definition) is 1. The number of rotatable bonds is 2. The van der Waals surface area contributed by atoms with E-state index in [-0.39, 0.29) is 16.9 Å². The number of carbonyl (C=O) groups excluding carboxylic acids is 1. The minimum absolute atomic E-state index is 0.0246. The quantitative estimate of drug-likeness (QED) is 0.867. The Morgan fingerprint density at radius 3 is 2.78 bits per heavy atom. The summed E-state index contributed by atoms with van der Waals surface area (Å²) in [5.74, 6) is -0.948. The summed E-state index contributed by atoms with van der Waals surface area (Å²) >= 11 is 3.20. The number of nitrogens with zero attached hydrogens (tertiary/aromatic N) is 1. The molecule has 92 valence electrons. The van der Waals surface area contributed by atoms with E-state index in [2.05, 4.69) is 20.9 Å². The molecule has 3 nitrogen and oxygen atoms in total. The normalized spacial score (nSPS) is 10.4. The molecule has 0 spiro atoms. The molecular formula is C13H10BrFN2O. The van der Waals surface area contributed by atoms with Gasteiger partial charge in [0.2, 0.25) is 0 Å². The minimum atomic E-state index is -0.580. The predicted octanol–water partition coefficient (Wildman–Crippen LogP) is 3.10. The van der Waals surface area contributed by atoms with Crippen LogP contribution >= 0.6 is 15.9 Å². The van der Waals surface area contributed by atoms with E-state index in [1.807, 2.05) is 0 Å². The van der Waals surface area contributed by atoms with E-state index in [9.17, 15) is 9.18 Å². The summed E-state index contributed by atoms with van der Waals surface area (Å²) in [6, 6.07) is 5.80. The van der Waals surface area contributed by atoms with Crippen LogP contribution in [0.15, 0.2) is 34.9 Å². The molecule has 1 heterocycles. The van der Waals surface area contributed by atoms with Crippen molar-refractivity contribution in [2.75, 3.05) is 5.73 Å². The van der Waals surface area contributed by atoms with Crippen LogP contribution in [0.4, 0.5) is 10.2 Å². The second-order valence-electron chi connectivity index (χ2n) is 3.90. The van der Waals surface area contributed by atoms with Crippen LogP contribution in [0.25, 0.3) is 0 Å². The first-order valence-corrected chi connectivity index (χ1v) is 6.00. The third-order valence-electron chi connectivity index (χ3n) is 2.47. The molecule has 5 heteroatoms. The van der Waals surface area contributed by atoms with Gasteiger partial charge in [-0.1, -0.05) is 15.9 Å². The second kappa shape index (κ2) is 4.86. The summed E-state index contributed by atoms with van der Waals surface area (Å²) in [6.45, 7) is 1.79. The van der Waals surface area contributed by atoms with Gasteiger partial charge in [0.15, 0.2) is 5.78 Å². The molecule has 2 rings (SSSR count). The van der Waals surface area contributed by atoms with Crippen LogP contribution in [0.5, 0.6) is 0 Å². The van der Waals surface area contributed by atoms with E-state index in [0.29, 0.717) is 4.47 Å². The average Bonchev–Trinajstić information content (AvgIpc) is 2.34. The number of nitrogen functional groups attached to an aromatic ring is 1.